The molecule has 0 bridgehead atoms. The molecular weight excluding hydrogens is 240 g/mol. The third-order valence-corrected chi connectivity index (χ3v) is 3.71. The molecule has 1 aliphatic heterocycles. The highest BCUT2D eigenvalue weighted by molar-refractivity contribution is 5.94. The Labute approximate surface area is 114 Å². The molecule has 1 aliphatic rings. The number of nitrogens with zero attached hydrogens (tertiary/aromatic N) is 1. The van der Waals surface area contributed by atoms with Gasteiger partial charge in [-0.05, 0) is 37.1 Å². The summed E-state index contributed by atoms with van der Waals surface area (Å²) in [5.41, 5.74) is 1.11. The predicted octanol–water partition coefficient (Wildman–Crippen LogP) is 1.05. The van der Waals surface area contributed by atoms with Crippen LogP contribution in [0.5, 0.6) is 0 Å². The number of benzene rings is 1. The lowest BCUT2D eigenvalue weighted by molar-refractivity contribution is 0.0252. The Kier molecular flexibility index (Phi) is 4.22. The zero-order chi connectivity index (χ0) is 13.9. The van der Waals surface area contributed by atoms with Gasteiger partial charge in [-0.3, -0.25) is 4.79 Å². The Bertz CT molecular complexity index is 436. The van der Waals surface area contributed by atoms with Gasteiger partial charge >= 0.3 is 0 Å². The molecule has 1 aromatic carbocycles. The minimum Gasteiger partial charge on any atom is -0.387 e. The van der Waals surface area contributed by atoms with Gasteiger partial charge in [0.05, 0.1) is 12.1 Å². The highest BCUT2D eigenvalue weighted by Gasteiger charge is 2.33. The first kappa shape index (κ1) is 14.0. The lowest BCUT2D eigenvalue weighted by atomic mass is 10.0. The zero-order valence-corrected chi connectivity index (χ0v) is 11.6. The monoisotopic (exact) mass is 262 g/mol. The van der Waals surface area contributed by atoms with Crippen molar-refractivity contribution in [1.29, 1.82) is 0 Å². The molecule has 0 radical (unpaired) electrons. The third-order valence-electron chi connectivity index (χ3n) is 3.71. The molecule has 1 heterocycles. The van der Waals surface area contributed by atoms with Crippen LogP contribution >= 0.6 is 0 Å². The maximum atomic E-state index is 12.3. The van der Waals surface area contributed by atoms with Gasteiger partial charge in [-0.1, -0.05) is 19.1 Å². The molecule has 1 saturated heterocycles. The number of β-amino-alcohol motifs (C(OH)–C–C–N with tert-alkyl or cyclic N) is 1. The highest BCUT2D eigenvalue weighted by Crippen LogP contribution is 2.17. The first-order valence-electron chi connectivity index (χ1n) is 6.81. The second-order valence-corrected chi connectivity index (χ2v) is 5.36. The number of aliphatic hydroxyl groups is 1. The topological polar surface area (TPSA) is 52.6 Å². The molecular formula is C15H22N2O2. The standard InChI is InChI=1S/C15H22N2O2/c1-3-12-4-6-13(7-5-12)14(18)17(2)11-15(19)8-9-16-10-15/h4-7,16,19H,3,8-11H2,1-2H3. The number of hydrogen-bond donors (Lipinski definition) is 2. The van der Waals surface area contributed by atoms with E-state index in [1.54, 1.807) is 11.9 Å². The van der Waals surface area contributed by atoms with Crippen LogP contribution in [0, 0.1) is 0 Å². The van der Waals surface area contributed by atoms with Crippen LogP contribution in [0.2, 0.25) is 0 Å². The molecule has 0 aliphatic carbocycles. The number of amides is 1. The van der Waals surface area contributed by atoms with Gasteiger partial charge in [-0.15, -0.1) is 0 Å². The number of likely N-dealkylation sites (N-methyl/N-ethyl adjacent to an activating group) is 1. The molecule has 0 saturated carbocycles. The average Bonchev–Trinajstić information content (AvgIpc) is 2.84. The Balaban J connectivity index is 2.01. The molecule has 1 amide bonds. The van der Waals surface area contributed by atoms with E-state index >= 15 is 0 Å². The number of hydrogen-bond acceptors (Lipinski definition) is 3. The van der Waals surface area contributed by atoms with Crippen LogP contribution in [0.4, 0.5) is 0 Å². The second-order valence-electron chi connectivity index (χ2n) is 5.36. The fourth-order valence-electron chi connectivity index (χ4n) is 2.48. The van der Waals surface area contributed by atoms with Crippen LogP contribution in [0.3, 0.4) is 0 Å². The van der Waals surface area contributed by atoms with E-state index in [4.69, 9.17) is 0 Å². The van der Waals surface area contributed by atoms with E-state index in [1.807, 2.05) is 24.3 Å². The summed E-state index contributed by atoms with van der Waals surface area (Å²) in [4.78, 5) is 13.9. The summed E-state index contributed by atoms with van der Waals surface area (Å²) in [7, 11) is 1.74. The van der Waals surface area contributed by atoms with Crippen molar-refractivity contribution >= 4 is 5.91 Å². The SMILES string of the molecule is CCc1ccc(C(=O)N(C)CC2(O)CCNC2)cc1. The molecule has 104 valence electrons. The molecule has 1 atom stereocenters. The van der Waals surface area contributed by atoms with E-state index in [9.17, 15) is 9.90 Å². The number of rotatable bonds is 4. The van der Waals surface area contributed by atoms with Gasteiger partial charge in [0.25, 0.3) is 5.91 Å². The van der Waals surface area contributed by atoms with E-state index < -0.39 is 5.60 Å². The molecule has 1 aromatic rings. The van der Waals surface area contributed by atoms with Crippen LogP contribution in [-0.2, 0) is 6.42 Å². The van der Waals surface area contributed by atoms with Crippen LogP contribution in [0.1, 0.15) is 29.3 Å². The zero-order valence-electron chi connectivity index (χ0n) is 11.6. The van der Waals surface area contributed by atoms with Crippen molar-refractivity contribution in [3.63, 3.8) is 0 Å². The van der Waals surface area contributed by atoms with Gasteiger partial charge in [0.2, 0.25) is 0 Å². The molecule has 2 N–H and O–H groups in total. The minimum absolute atomic E-state index is 0.0389. The summed E-state index contributed by atoms with van der Waals surface area (Å²) in [6, 6.07) is 7.67. The summed E-state index contributed by atoms with van der Waals surface area (Å²) in [6.07, 6.45) is 1.66. The van der Waals surface area contributed by atoms with Gasteiger partial charge in [0, 0.05) is 19.2 Å². The molecule has 0 spiro atoms. The summed E-state index contributed by atoms with van der Waals surface area (Å²) in [5, 5.41) is 13.4. The van der Waals surface area contributed by atoms with Gasteiger partial charge in [0.1, 0.15) is 0 Å². The number of carbonyl (C=O) groups is 1. The summed E-state index contributed by atoms with van der Waals surface area (Å²) >= 11 is 0. The Hall–Kier alpha value is -1.39. The normalized spacial score (nSPS) is 22.5. The van der Waals surface area contributed by atoms with Gasteiger partial charge < -0.3 is 15.3 Å². The van der Waals surface area contributed by atoms with Crippen LogP contribution in [0.15, 0.2) is 24.3 Å². The smallest absolute Gasteiger partial charge is 0.253 e. The van der Waals surface area contributed by atoms with Gasteiger partial charge in [0.15, 0.2) is 0 Å². The van der Waals surface area contributed by atoms with Crippen LogP contribution < -0.4 is 5.32 Å². The molecule has 4 nitrogen and oxygen atoms in total. The molecule has 2 rings (SSSR count). The maximum Gasteiger partial charge on any atom is 0.253 e. The van der Waals surface area contributed by atoms with Crippen molar-refractivity contribution < 1.29 is 9.90 Å². The fraction of sp³-hybridized carbons (Fsp3) is 0.533. The molecule has 0 aromatic heterocycles. The number of carbonyl (C=O) groups excluding carboxylic acids is 1. The van der Waals surface area contributed by atoms with Gasteiger partial charge in [-0.25, -0.2) is 0 Å². The van der Waals surface area contributed by atoms with Crippen molar-refractivity contribution in [1.82, 2.24) is 10.2 Å². The summed E-state index contributed by atoms with van der Waals surface area (Å²) in [6.45, 7) is 3.82. The Morgan fingerprint density at radius 1 is 1.42 bits per heavy atom. The highest BCUT2D eigenvalue weighted by atomic mass is 16.3. The van der Waals surface area contributed by atoms with E-state index in [1.165, 1.54) is 5.56 Å². The van der Waals surface area contributed by atoms with Crippen molar-refractivity contribution in [2.75, 3.05) is 26.7 Å². The van der Waals surface area contributed by atoms with Crippen molar-refractivity contribution in [3.8, 4) is 0 Å². The average molecular weight is 262 g/mol. The lowest BCUT2D eigenvalue weighted by Crippen LogP contribution is -2.45. The Morgan fingerprint density at radius 3 is 2.63 bits per heavy atom. The van der Waals surface area contributed by atoms with Crippen molar-refractivity contribution in [2.45, 2.75) is 25.4 Å². The number of aryl methyl sites for hydroxylation is 1. The van der Waals surface area contributed by atoms with Crippen LogP contribution in [0.25, 0.3) is 0 Å². The van der Waals surface area contributed by atoms with E-state index in [-0.39, 0.29) is 5.91 Å². The van der Waals surface area contributed by atoms with E-state index in [0.29, 0.717) is 25.1 Å². The summed E-state index contributed by atoms with van der Waals surface area (Å²) in [5.74, 6) is -0.0389. The molecule has 1 fully saturated rings. The quantitative estimate of drug-likeness (QED) is 0.852. The first-order valence-corrected chi connectivity index (χ1v) is 6.81. The van der Waals surface area contributed by atoms with Crippen LogP contribution in [-0.4, -0.2) is 48.2 Å². The lowest BCUT2D eigenvalue weighted by Gasteiger charge is -2.28. The largest absolute Gasteiger partial charge is 0.387 e. The van der Waals surface area contributed by atoms with Gasteiger partial charge in [-0.2, -0.15) is 0 Å². The second kappa shape index (κ2) is 5.72. The van der Waals surface area contributed by atoms with E-state index in [0.717, 1.165) is 13.0 Å². The third kappa shape index (κ3) is 3.33. The molecule has 4 heteroatoms. The molecule has 19 heavy (non-hydrogen) atoms. The predicted molar refractivity (Wildman–Crippen MR) is 75.2 cm³/mol. The van der Waals surface area contributed by atoms with E-state index in [2.05, 4.69) is 12.2 Å². The molecule has 1 unspecified atom stereocenters. The Morgan fingerprint density at radius 2 is 2.11 bits per heavy atom. The van der Waals surface area contributed by atoms with Crippen molar-refractivity contribution in [3.05, 3.63) is 35.4 Å². The minimum atomic E-state index is -0.784. The van der Waals surface area contributed by atoms with Crippen molar-refractivity contribution in [2.24, 2.45) is 0 Å². The fourth-order valence-corrected chi connectivity index (χ4v) is 2.48. The summed E-state index contributed by atoms with van der Waals surface area (Å²) < 4.78 is 0. The first-order chi connectivity index (χ1) is 9.04. The number of nitrogens with one attached hydrogen (secondary N) is 1. The maximum absolute atomic E-state index is 12.3.